The summed E-state index contributed by atoms with van der Waals surface area (Å²) in [6.07, 6.45) is 1.44. The average Bonchev–Trinajstić information content (AvgIpc) is 2.47. The maximum absolute atomic E-state index is 8.57. The zero-order valence-electron chi connectivity index (χ0n) is 5.78. The van der Waals surface area contributed by atoms with Crippen LogP contribution in [0.3, 0.4) is 0 Å². The van der Waals surface area contributed by atoms with Crippen LogP contribution in [0.25, 0.3) is 11.1 Å². The molecule has 0 aliphatic carbocycles. The molecule has 0 saturated heterocycles. The molecule has 0 radical (unpaired) electrons. The Morgan fingerprint density at radius 2 is 2.42 bits per heavy atom. The average molecular weight is 224 g/mol. The maximum Gasteiger partial charge on any atom is 0.258 e. The van der Waals surface area contributed by atoms with Crippen molar-refractivity contribution in [3.63, 3.8) is 0 Å². The lowest BCUT2D eigenvalue weighted by atomic mass is 10.3. The highest BCUT2D eigenvalue weighted by molar-refractivity contribution is 9.10. The van der Waals surface area contributed by atoms with E-state index in [-0.39, 0.29) is 0 Å². The first kappa shape index (κ1) is 7.25. The van der Waals surface area contributed by atoms with E-state index in [4.69, 9.17) is 9.78 Å². The van der Waals surface area contributed by atoms with E-state index in [1.54, 1.807) is 6.07 Å². The van der Waals surface area contributed by atoms with Gasteiger partial charge >= 0.3 is 0 Å². The smallest absolute Gasteiger partial charge is 0.258 e. The van der Waals surface area contributed by atoms with Crippen molar-refractivity contribution in [2.45, 2.75) is 0 Å². The molecule has 0 aliphatic rings. The SMILES string of the molecule is N#Cc1cnc2onc(Br)c2c1. The van der Waals surface area contributed by atoms with E-state index in [2.05, 4.69) is 26.1 Å². The Morgan fingerprint density at radius 3 is 3.17 bits per heavy atom. The Kier molecular flexibility index (Phi) is 1.55. The fourth-order valence-corrected chi connectivity index (χ4v) is 1.22. The summed E-state index contributed by atoms with van der Waals surface area (Å²) in [5.74, 6) is 0. The first-order valence-corrected chi connectivity index (χ1v) is 3.91. The number of rotatable bonds is 0. The van der Waals surface area contributed by atoms with Crippen LogP contribution in [-0.4, -0.2) is 10.1 Å². The number of nitrogens with zero attached hydrogens (tertiary/aromatic N) is 3. The van der Waals surface area contributed by atoms with Gasteiger partial charge in [-0.15, -0.1) is 0 Å². The first-order valence-electron chi connectivity index (χ1n) is 3.12. The van der Waals surface area contributed by atoms with Gasteiger partial charge < -0.3 is 4.52 Å². The second kappa shape index (κ2) is 2.57. The molecular weight excluding hydrogens is 222 g/mol. The number of aromatic nitrogens is 2. The molecule has 0 N–H and O–H groups in total. The summed E-state index contributed by atoms with van der Waals surface area (Å²) < 4.78 is 5.40. The van der Waals surface area contributed by atoms with E-state index in [0.717, 1.165) is 0 Å². The van der Waals surface area contributed by atoms with Crippen LogP contribution in [0, 0.1) is 11.3 Å². The molecule has 0 atom stereocenters. The molecule has 4 nitrogen and oxygen atoms in total. The van der Waals surface area contributed by atoms with Crippen molar-refractivity contribution in [3.8, 4) is 6.07 Å². The van der Waals surface area contributed by atoms with Crippen LogP contribution in [-0.2, 0) is 0 Å². The molecule has 5 heteroatoms. The van der Waals surface area contributed by atoms with Gasteiger partial charge in [-0.05, 0) is 22.0 Å². The predicted octanol–water partition coefficient (Wildman–Crippen LogP) is 1.86. The van der Waals surface area contributed by atoms with Gasteiger partial charge in [0.2, 0.25) is 0 Å². The molecule has 0 fully saturated rings. The normalized spacial score (nSPS) is 10.0. The Balaban J connectivity index is 2.82. The van der Waals surface area contributed by atoms with Gasteiger partial charge in [0, 0.05) is 6.20 Å². The number of hydrogen-bond acceptors (Lipinski definition) is 4. The molecule has 0 saturated carbocycles. The number of pyridine rings is 1. The topological polar surface area (TPSA) is 62.7 Å². The molecular formula is C7H2BrN3O. The van der Waals surface area contributed by atoms with Crippen molar-refractivity contribution in [1.29, 1.82) is 5.26 Å². The minimum atomic E-state index is 0.431. The molecule has 0 spiro atoms. The fraction of sp³-hybridized carbons (Fsp3) is 0. The van der Waals surface area contributed by atoms with Crippen molar-refractivity contribution in [3.05, 3.63) is 22.4 Å². The standard InChI is InChI=1S/C7H2BrN3O/c8-6-5-1-4(2-9)3-10-7(5)12-11-6/h1,3H. The lowest BCUT2D eigenvalue weighted by molar-refractivity contribution is 0.444. The summed E-state index contributed by atoms with van der Waals surface area (Å²) in [5, 5.41) is 12.9. The van der Waals surface area contributed by atoms with Crippen LogP contribution in [0.1, 0.15) is 5.56 Å². The van der Waals surface area contributed by atoms with Crippen molar-refractivity contribution in [1.82, 2.24) is 10.1 Å². The molecule has 0 aliphatic heterocycles. The minimum absolute atomic E-state index is 0.431. The molecule has 58 valence electrons. The summed E-state index contributed by atoms with van der Waals surface area (Å²) in [4.78, 5) is 3.89. The molecule has 0 aromatic carbocycles. The number of nitriles is 1. The summed E-state index contributed by atoms with van der Waals surface area (Å²) in [6, 6.07) is 3.65. The zero-order chi connectivity index (χ0) is 8.55. The van der Waals surface area contributed by atoms with Crippen LogP contribution in [0.15, 0.2) is 21.4 Å². The third-order valence-corrected chi connectivity index (χ3v) is 1.99. The van der Waals surface area contributed by atoms with E-state index in [9.17, 15) is 0 Å². The van der Waals surface area contributed by atoms with E-state index in [0.29, 0.717) is 21.3 Å². The van der Waals surface area contributed by atoms with Crippen LogP contribution < -0.4 is 0 Å². The lowest BCUT2D eigenvalue weighted by Crippen LogP contribution is -1.77. The summed E-state index contributed by atoms with van der Waals surface area (Å²) >= 11 is 3.18. The monoisotopic (exact) mass is 223 g/mol. The zero-order valence-corrected chi connectivity index (χ0v) is 7.37. The third-order valence-electron chi connectivity index (χ3n) is 1.41. The van der Waals surface area contributed by atoms with Gasteiger partial charge in [0.25, 0.3) is 5.71 Å². The van der Waals surface area contributed by atoms with Gasteiger partial charge in [0.15, 0.2) is 4.60 Å². The van der Waals surface area contributed by atoms with Crippen molar-refractivity contribution < 1.29 is 4.52 Å². The largest absolute Gasteiger partial charge is 0.335 e. The van der Waals surface area contributed by atoms with E-state index in [1.165, 1.54) is 6.20 Å². The highest BCUT2D eigenvalue weighted by Crippen LogP contribution is 2.21. The predicted molar refractivity (Wildman–Crippen MR) is 44.2 cm³/mol. The van der Waals surface area contributed by atoms with Gasteiger partial charge in [-0.3, -0.25) is 0 Å². The summed E-state index contributed by atoms with van der Waals surface area (Å²) in [7, 11) is 0. The maximum atomic E-state index is 8.57. The molecule has 0 unspecified atom stereocenters. The number of fused-ring (bicyclic) bond motifs is 1. The van der Waals surface area contributed by atoms with Crippen LogP contribution in [0.5, 0.6) is 0 Å². The van der Waals surface area contributed by atoms with Gasteiger partial charge in [-0.1, -0.05) is 5.16 Å². The van der Waals surface area contributed by atoms with Crippen molar-refractivity contribution in [2.75, 3.05) is 0 Å². The van der Waals surface area contributed by atoms with E-state index >= 15 is 0 Å². The minimum Gasteiger partial charge on any atom is -0.335 e. The van der Waals surface area contributed by atoms with Gasteiger partial charge in [0.1, 0.15) is 6.07 Å². The summed E-state index contributed by atoms with van der Waals surface area (Å²) in [5.41, 5.74) is 0.923. The molecule has 2 heterocycles. The number of hydrogen-bond donors (Lipinski definition) is 0. The van der Waals surface area contributed by atoms with E-state index in [1.807, 2.05) is 6.07 Å². The highest BCUT2D eigenvalue weighted by Gasteiger charge is 2.06. The fourth-order valence-electron chi connectivity index (χ4n) is 0.866. The van der Waals surface area contributed by atoms with Crippen molar-refractivity contribution >= 4 is 27.0 Å². The number of halogens is 1. The van der Waals surface area contributed by atoms with Gasteiger partial charge in [-0.2, -0.15) is 5.26 Å². The van der Waals surface area contributed by atoms with Gasteiger partial charge in [0.05, 0.1) is 10.9 Å². The van der Waals surface area contributed by atoms with E-state index < -0.39 is 0 Å². The Hall–Kier alpha value is -1.41. The van der Waals surface area contributed by atoms with Crippen LogP contribution in [0.4, 0.5) is 0 Å². The Labute approximate surface area is 75.9 Å². The molecule has 2 aromatic rings. The molecule has 2 aromatic heterocycles. The third kappa shape index (κ3) is 0.970. The van der Waals surface area contributed by atoms with Crippen LogP contribution in [0.2, 0.25) is 0 Å². The van der Waals surface area contributed by atoms with Crippen LogP contribution >= 0.6 is 15.9 Å². The second-order valence-corrected chi connectivity index (χ2v) is 2.91. The second-order valence-electron chi connectivity index (χ2n) is 2.16. The van der Waals surface area contributed by atoms with Crippen molar-refractivity contribution in [2.24, 2.45) is 0 Å². The molecule has 2 rings (SSSR count). The summed E-state index contributed by atoms with van der Waals surface area (Å²) in [6.45, 7) is 0. The Bertz CT molecular complexity index is 471. The van der Waals surface area contributed by atoms with Gasteiger partial charge in [-0.25, -0.2) is 4.98 Å². The molecule has 0 bridgehead atoms. The molecule has 12 heavy (non-hydrogen) atoms. The Morgan fingerprint density at radius 1 is 1.58 bits per heavy atom. The molecule has 0 amide bonds. The highest BCUT2D eigenvalue weighted by atomic mass is 79.9. The lowest BCUT2D eigenvalue weighted by Gasteiger charge is -1.85. The first-order chi connectivity index (χ1) is 5.81. The quantitative estimate of drug-likeness (QED) is 0.684.